The van der Waals surface area contributed by atoms with Crippen LogP contribution in [0, 0.1) is 5.92 Å². The van der Waals surface area contributed by atoms with Crippen LogP contribution >= 0.6 is 0 Å². The highest BCUT2D eigenvalue weighted by Crippen LogP contribution is 2.35. The molecule has 3 N–H and O–H groups in total. The molecule has 1 heterocycles. The number of rotatable bonds is 4. The molecule has 1 aliphatic heterocycles. The molecule has 1 aliphatic carbocycles. The lowest BCUT2D eigenvalue weighted by Gasteiger charge is -2.48. The monoisotopic (exact) mass is 228 g/mol. The zero-order chi connectivity index (χ0) is 11.8. The predicted octanol–water partition coefficient (Wildman–Crippen LogP) is 1.16. The number of aliphatic hydroxyl groups excluding tert-OH is 1. The molecule has 4 heteroatoms. The summed E-state index contributed by atoms with van der Waals surface area (Å²) in [6.45, 7) is 7.00. The highest BCUT2D eigenvalue weighted by molar-refractivity contribution is 4.94. The van der Waals surface area contributed by atoms with E-state index in [9.17, 15) is 5.11 Å². The number of nitrogens with one attached hydrogen (secondary N) is 2. The van der Waals surface area contributed by atoms with E-state index in [1.807, 2.05) is 6.92 Å². The SMILES string of the molecule is CC(C(O)OC1(C)CCCC1)C1(C)NCN1. The van der Waals surface area contributed by atoms with Gasteiger partial charge in [0.05, 0.1) is 11.3 Å². The van der Waals surface area contributed by atoms with Gasteiger partial charge in [0, 0.05) is 12.6 Å². The molecule has 2 rings (SSSR count). The lowest BCUT2D eigenvalue weighted by Crippen LogP contribution is -2.73. The van der Waals surface area contributed by atoms with Crippen molar-refractivity contribution in [2.75, 3.05) is 6.67 Å². The summed E-state index contributed by atoms with van der Waals surface area (Å²) >= 11 is 0. The Labute approximate surface area is 97.7 Å². The molecule has 94 valence electrons. The molecule has 0 aromatic carbocycles. The Morgan fingerprint density at radius 1 is 1.19 bits per heavy atom. The molecule has 0 radical (unpaired) electrons. The highest BCUT2D eigenvalue weighted by Gasteiger charge is 2.43. The average molecular weight is 228 g/mol. The molecule has 0 amide bonds. The third-order valence-corrected chi connectivity index (χ3v) is 4.32. The average Bonchev–Trinajstić information content (AvgIpc) is 2.60. The third-order valence-electron chi connectivity index (χ3n) is 4.32. The topological polar surface area (TPSA) is 53.5 Å². The number of hydrogen-bond donors (Lipinski definition) is 3. The van der Waals surface area contributed by atoms with Gasteiger partial charge in [0.1, 0.15) is 0 Å². The Balaban J connectivity index is 1.89. The van der Waals surface area contributed by atoms with Crippen molar-refractivity contribution in [1.29, 1.82) is 0 Å². The van der Waals surface area contributed by atoms with Gasteiger partial charge in [0.2, 0.25) is 0 Å². The van der Waals surface area contributed by atoms with Crippen molar-refractivity contribution in [1.82, 2.24) is 10.6 Å². The van der Waals surface area contributed by atoms with E-state index in [-0.39, 0.29) is 17.2 Å². The smallest absolute Gasteiger partial charge is 0.160 e. The molecular weight excluding hydrogens is 204 g/mol. The normalized spacial score (nSPS) is 30.8. The minimum Gasteiger partial charge on any atom is -0.368 e. The Hall–Kier alpha value is -0.160. The van der Waals surface area contributed by atoms with Crippen molar-refractivity contribution in [2.45, 2.75) is 64.0 Å². The summed E-state index contributed by atoms with van der Waals surface area (Å²) in [4.78, 5) is 0. The van der Waals surface area contributed by atoms with E-state index in [1.165, 1.54) is 12.8 Å². The van der Waals surface area contributed by atoms with E-state index in [0.29, 0.717) is 0 Å². The van der Waals surface area contributed by atoms with Crippen LogP contribution in [0.2, 0.25) is 0 Å². The van der Waals surface area contributed by atoms with Crippen LogP contribution < -0.4 is 10.6 Å². The van der Waals surface area contributed by atoms with Crippen molar-refractivity contribution in [2.24, 2.45) is 5.92 Å². The standard InChI is InChI=1S/C12H24N2O2/c1-9(12(3)13-8-14-12)10(15)16-11(2)6-4-5-7-11/h9-10,13-15H,4-8H2,1-3H3. The minimum atomic E-state index is -0.701. The van der Waals surface area contributed by atoms with Gasteiger partial charge in [-0.3, -0.25) is 10.6 Å². The fourth-order valence-corrected chi connectivity index (χ4v) is 2.61. The lowest BCUT2D eigenvalue weighted by atomic mass is 9.92. The maximum Gasteiger partial charge on any atom is 0.160 e. The Morgan fingerprint density at radius 3 is 2.19 bits per heavy atom. The van der Waals surface area contributed by atoms with Gasteiger partial charge >= 0.3 is 0 Å². The van der Waals surface area contributed by atoms with Gasteiger partial charge < -0.3 is 9.84 Å². The van der Waals surface area contributed by atoms with Crippen LogP contribution in [0.3, 0.4) is 0 Å². The second-order valence-electron chi connectivity index (χ2n) is 5.69. The molecule has 1 saturated carbocycles. The molecule has 0 spiro atoms. The molecule has 16 heavy (non-hydrogen) atoms. The molecule has 2 fully saturated rings. The highest BCUT2D eigenvalue weighted by atomic mass is 16.6. The van der Waals surface area contributed by atoms with Crippen LogP contribution in [0.25, 0.3) is 0 Å². The van der Waals surface area contributed by atoms with Crippen LogP contribution in [0.5, 0.6) is 0 Å². The number of hydrogen-bond acceptors (Lipinski definition) is 4. The molecule has 2 unspecified atom stereocenters. The first-order valence-corrected chi connectivity index (χ1v) is 6.31. The summed E-state index contributed by atoms with van der Waals surface area (Å²) < 4.78 is 5.86. The fourth-order valence-electron chi connectivity index (χ4n) is 2.61. The molecule has 0 aromatic heterocycles. The Kier molecular flexibility index (Phi) is 3.27. The van der Waals surface area contributed by atoms with Gasteiger partial charge in [-0.15, -0.1) is 0 Å². The van der Waals surface area contributed by atoms with Gasteiger partial charge in [-0.1, -0.05) is 19.8 Å². The third kappa shape index (κ3) is 2.25. The summed E-state index contributed by atoms with van der Waals surface area (Å²) in [7, 11) is 0. The first kappa shape index (κ1) is 12.3. The van der Waals surface area contributed by atoms with Crippen molar-refractivity contribution >= 4 is 0 Å². The number of ether oxygens (including phenoxy) is 1. The summed E-state index contributed by atoms with van der Waals surface area (Å²) in [6, 6.07) is 0. The van der Waals surface area contributed by atoms with Crippen LogP contribution in [-0.2, 0) is 4.74 Å². The molecule has 2 atom stereocenters. The second-order valence-corrected chi connectivity index (χ2v) is 5.69. The molecule has 2 aliphatic rings. The first-order chi connectivity index (χ1) is 7.45. The zero-order valence-electron chi connectivity index (χ0n) is 10.5. The van der Waals surface area contributed by atoms with E-state index < -0.39 is 6.29 Å². The largest absolute Gasteiger partial charge is 0.368 e. The minimum absolute atomic E-state index is 0.0404. The quantitative estimate of drug-likeness (QED) is 0.632. The van der Waals surface area contributed by atoms with Gasteiger partial charge in [0.15, 0.2) is 6.29 Å². The summed E-state index contributed by atoms with van der Waals surface area (Å²) in [5, 5.41) is 16.7. The van der Waals surface area contributed by atoms with Gasteiger partial charge in [-0.25, -0.2) is 0 Å². The molecule has 4 nitrogen and oxygen atoms in total. The van der Waals surface area contributed by atoms with Gasteiger partial charge in [-0.05, 0) is 26.7 Å². The van der Waals surface area contributed by atoms with Crippen molar-refractivity contribution in [3.8, 4) is 0 Å². The Bertz CT molecular complexity index is 247. The lowest BCUT2D eigenvalue weighted by molar-refractivity contribution is -0.217. The first-order valence-electron chi connectivity index (χ1n) is 6.31. The molecule has 0 bridgehead atoms. The summed E-state index contributed by atoms with van der Waals surface area (Å²) in [5.41, 5.74) is -0.303. The van der Waals surface area contributed by atoms with E-state index in [4.69, 9.17) is 4.74 Å². The van der Waals surface area contributed by atoms with E-state index in [2.05, 4.69) is 24.5 Å². The van der Waals surface area contributed by atoms with E-state index >= 15 is 0 Å². The van der Waals surface area contributed by atoms with Gasteiger partial charge in [-0.2, -0.15) is 0 Å². The van der Waals surface area contributed by atoms with Crippen molar-refractivity contribution in [3.05, 3.63) is 0 Å². The van der Waals surface area contributed by atoms with Crippen LogP contribution in [0.15, 0.2) is 0 Å². The van der Waals surface area contributed by atoms with E-state index in [0.717, 1.165) is 19.5 Å². The predicted molar refractivity (Wildman–Crippen MR) is 62.7 cm³/mol. The van der Waals surface area contributed by atoms with Crippen LogP contribution in [0.1, 0.15) is 46.5 Å². The Morgan fingerprint density at radius 2 is 1.75 bits per heavy atom. The maximum atomic E-state index is 10.1. The van der Waals surface area contributed by atoms with E-state index in [1.54, 1.807) is 0 Å². The second kappa shape index (κ2) is 4.26. The van der Waals surface area contributed by atoms with Gasteiger partial charge in [0.25, 0.3) is 0 Å². The number of aliphatic hydroxyl groups is 1. The van der Waals surface area contributed by atoms with Crippen LogP contribution in [0.4, 0.5) is 0 Å². The van der Waals surface area contributed by atoms with Crippen molar-refractivity contribution in [3.63, 3.8) is 0 Å². The zero-order valence-corrected chi connectivity index (χ0v) is 10.5. The molecule has 0 aromatic rings. The van der Waals surface area contributed by atoms with Crippen molar-refractivity contribution < 1.29 is 9.84 Å². The summed E-state index contributed by atoms with van der Waals surface area (Å²) in [6.07, 6.45) is 3.85. The summed E-state index contributed by atoms with van der Waals surface area (Å²) in [5.74, 6) is 0.0404. The fraction of sp³-hybridized carbons (Fsp3) is 1.00. The molecule has 1 saturated heterocycles. The maximum absolute atomic E-state index is 10.1. The molecular formula is C12H24N2O2. The van der Waals surface area contributed by atoms with Crippen LogP contribution in [-0.4, -0.2) is 29.3 Å².